The zero-order valence-electron chi connectivity index (χ0n) is 17.5. The molecule has 146 valence electrons. The summed E-state index contributed by atoms with van der Waals surface area (Å²) in [7, 11) is 37.3. The first kappa shape index (κ1) is 24.2. The van der Waals surface area contributed by atoms with Crippen LogP contribution in [0.5, 0.6) is 0 Å². The number of thiazole rings is 1. The molecule has 0 fully saturated rings. The second-order valence-corrected chi connectivity index (χ2v) is 9.92. The van der Waals surface area contributed by atoms with Gasteiger partial charge in [0.2, 0.25) is 26.3 Å². The second kappa shape index (κ2) is 9.13. The van der Waals surface area contributed by atoms with E-state index in [1.807, 2.05) is 54.7 Å². The molecule has 0 aliphatic heterocycles. The van der Waals surface area contributed by atoms with E-state index in [1.165, 1.54) is 11.3 Å². The summed E-state index contributed by atoms with van der Waals surface area (Å²) >= 11 is 3.27. The number of aromatic nitrogens is 1. The third kappa shape index (κ3) is 7.99. The van der Waals surface area contributed by atoms with Gasteiger partial charge in [-0.25, -0.2) is 18.4 Å². The fourth-order valence-electron chi connectivity index (χ4n) is 2.63. The van der Waals surface area contributed by atoms with E-state index in [0.717, 1.165) is 29.5 Å². The lowest BCUT2D eigenvalue weighted by molar-refractivity contribution is -0.881. The van der Waals surface area contributed by atoms with Crippen LogP contribution in [0, 0.1) is 28.2 Å². The Bertz CT molecular complexity index is 664. The summed E-state index contributed by atoms with van der Waals surface area (Å²) in [5, 5.41) is 2.67. The number of nitrogens with zero attached hydrogens (tertiary/aromatic N) is 6. The Labute approximate surface area is 174 Å². The largest absolute Gasteiger partial charge is 0.402 e. The van der Waals surface area contributed by atoms with Crippen LogP contribution in [-0.2, 0) is 5.75 Å². The summed E-state index contributed by atoms with van der Waals surface area (Å²) in [5.41, 5.74) is 0.983. The standard InChI is InChI=1S/C19H32N6S2/c1-22(2)17(23(3,4)5)12-13-26-14-16-15-27-18(20-16)21-19(24(6,7)8)25(9,10)11/h1,3,6,9,15H,12-14H2,2,4-5,7-8,10-11H3/q+4. The molecule has 0 saturated heterocycles. The molecule has 1 heterocycles. The lowest BCUT2D eigenvalue weighted by Crippen LogP contribution is -2.55. The molecular formula is C19H32N6S2+4. The van der Waals surface area contributed by atoms with Crippen LogP contribution in [0.4, 0.5) is 5.13 Å². The van der Waals surface area contributed by atoms with Crippen LogP contribution in [0.2, 0.25) is 0 Å². The summed E-state index contributed by atoms with van der Waals surface area (Å²) in [6.45, 7) is 0. The molecule has 0 aromatic carbocycles. The summed E-state index contributed by atoms with van der Waals surface area (Å²) in [5.74, 6) is 3.26. The molecule has 27 heavy (non-hydrogen) atoms. The Balaban J connectivity index is 2.74. The van der Waals surface area contributed by atoms with Gasteiger partial charge in [-0.1, -0.05) is 0 Å². The molecule has 0 saturated carbocycles. The average molecular weight is 409 g/mol. The molecule has 1 rings (SSSR count). The van der Waals surface area contributed by atoms with Crippen molar-refractivity contribution in [2.75, 3.05) is 55.1 Å². The van der Waals surface area contributed by atoms with Crippen LogP contribution in [0.1, 0.15) is 12.1 Å². The molecule has 0 bridgehead atoms. The summed E-state index contributed by atoms with van der Waals surface area (Å²) in [6.07, 6.45) is 0.804. The van der Waals surface area contributed by atoms with Gasteiger partial charge < -0.3 is 0 Å². The van der Waals surface area contributed by atoms with Crippen molar-refractivity contribution in [3.63, 3.8) is 0 Å². The van der Waals surface area contributed by atoms with Crippen molar-refractivity contribution in [1.82, 2.24) is 4.98 Å². The van der Waals surface area contributed by atoms with Crippen LogP contribution in [0.25, 0.3) is 0 Å². The maximum atomic E-state index is 6.16. The number of thioether (sulfide) groups is 1. The van der Waals surface area contributed by atoms with Gasteiger partial charge >= 0.3 is 11.8 Å². The van der Waals surface area contributed by atoms with Gasteiger partial charge in [-0.3, -0.25) is 0 Å². The number of guanidine groups is 1. The van der Waals surface area contributed by atoms with Crippen molar-refractivity contribution in [3.05, 3.63) is 39.3 Å². The first-order valence-electron chi connectivity index (χ1n) is 8.47. The molecule has 0 aliphatic rings. The third-order valence-electron chi connectivity index (χ3n) is 3.56. The Morgan fingerprint density at radius 1 is 1.11 bits per heavy atom. The van der Waals surface area contributed by atoms with E-state index in [-0.39, 0.29) is 13.4 Å². The number of amidine groups is 1. The molecule has 1 aromatic rings. The minimum absolute atomic E-state index is 0.0471. The molecular weight excluding hydrogens is 376 g/mol. The van der Waals surface area contributed by atoms with Crippen molar-refractivity contribution in [2.45, 2.75) is 12.2 Å². The molecule has 8 heteroatoms. The maximum absolute atomic E-state index is 6.16. The Morgan fingerprint density at radius 3 is 2.11 bits per heavy atom. The van der Waals surface area contributed by atoms with E-state index in [1.54, 1.807) is 16.3 Å². The molecule has 8 radical (unpaired) electrons. The van der Waals surface area contributed by atoms with Crippen molar-refractivity contribution < 1.29 is 18.0 Å². The molecule has 1 aromatic heterocycles. The molecule has 0 spiro atoms. The molecule has 0 atom stereocenters. The van der Waals surface area contributed by atoms with Gasteiger partial charge in [-0.05, 0) is 0 Å². The summed E-state index contributed by atoms with van der Waals surface area (Å²) in [4.78, 5) is 9.18. The van der Waals surface area contributed by atoms with E-state index >= 15 is 0 Å². The highest BCUT2D eigenvalue weighted by atomic mass is 32.2. The number of hydrogen-bond donors (Lipinski definition) is 0. The zero-order chi connectivity index (χ0) is 21.0. The number of aliphatic imine (C=N–C) groups is 1. The zero-order valence-corrected chi connectivity index (χ0v) is 19.1. The summed E-state index contributed by atoms with van der Waals surface area (Å²) in [6, 6.07) is 0. The molecule has 0 aliphatic carbocycles. The van der Waals surface area contributed by atoms with Gasteiger partial charge in [0.1, 0.15) is 7.05 Å². The molecule has 0 N–H and O–H groups in total. The molecule has 0 unspecified atom stereocenters. The van der Waals surface area contributed by atoms with Crippen LogP contribution in [0.3, 0.4) is 0 Å². The quantitative estimate of drug-likeness (QED) is 0.181. The van der Waals surface area contributed by atoms with Crippen LogP contribution in [0.15, 0.2) is 10.4 Å². The van der Waals surface area contributed by atoms with Gasteiger partial charge in [0.15, 0.2) is 0 Å². The predicted octanol–water partition coefficient (Wildman–Crippen LogP) is 2.70. The van der Waals surface area contributed by atoms with Gasteiger partial charge in [-0.2, -0.15) is 16.3 Å². The topological polar surface area (TPSA) is 28.3 Å². The predicted molar refractivity (Wildman–Crippen MR) is 115 cm³/mol. The van der Waals surface area contributed by atoms with E-state index in [4.69, 9.17) is 28.2 Å². The van der Waals surface area contributed by atoms with E-state index < -0.39 is 0 Å². The van der Waals surface area contributed by atoms with E-state index in [2.05, 4.69) is 9.98 Å². The van der Waals surface area contributed by atoms with Crippen molar-refractivity contribution in [3.8, 4) is 0 Å². The first-order valence-corrected chi connectivity index (χ1v) is 10.5. The normalized spacial score (nSPS) is 14.2. The fourth-order valence-corrected chi connectivity index (χ4v) is 4.25. The number of hydrogen-bond acceptors (Lipinski definition) is 4. The lowest BCUT2D eigenvalue weighted by atomic mass is 10.3. The number of rotatable bonds is 6. The van der Waals surface area contributed by atoms with Crippen molar-refractivity contribution >= 4 is 40.0 Å². The minimum Gasteiger partial charge on any atom is -0.232 e. The highest BCUT2D eigenvalue weighted by molar-refractivity contribution is 7.98. The minimum atomic E-state index is 0.0471. The lowest BCUT2D eigenvalue weighted by Gasteiger charge is -2.29. The van der Waals surface area contributed by atoms with E-state index in [0.29, 0.717) is 11.1 Å². The highest BCUT2D eigenvalue weighted by Gasteiger charge is 2.35. The molecule has 0 amide bonds. The van der Waals surface area contributed by atoms with Gasteiger partial charge in [0.25, 0.3) is 7.05 Å². The maximum Gasteiger partial charge on any atom is 0.402 e. The third-order valence-corrected chi connectivity index (χ3v) is 5.33. The van der Waals surface area contributed by atoms with Crippen molar-refractivity contribution in [2.24, 2.45) is 4.99 Å². The van der Waals surface area contributed by atoms with Crippen LogP contribution in [-0.4, -0.2) is 89.9 Å². The monoisotopic (exact) mass is 408 g/mol. The Kier molecular flexibility index (Phi) is 8.20. The second-order valence-electron chi connectivity index (χ2n) is 7.98. The SMILES string of the molecule is [CH][N+](C)=C(CCSCc1csc(N=C([N+]([CH])(C)C)[N+]([CH])(C)C)n1)[N+]([CH])(C)C. The smallest absolute Gasteiger partial charge is 0.232 e. The summed E-state index contributed by atoms with van der Waals surface area (Å²) < 4.78 is 1.92. The first-order chi connectivity index (χ1) is 12.1. The fraction of sp³-hybridized carbons (Fsp3) is 0.526. The Hall–Kier alpha value is -0.800. The molecule has 6 nitrogen and oxygen atoms in total. The van der Waals surface area contributed by atoms with Crippen LogP contribution >= 0.6 is 23.1 Å². The van der Waals surface area contributed by atoms with Gasteiger partial charge in [0, 0.05) is 16.9 Å². The Morgan fingerprint density at radius 2 is 1.67 bits per heavy atom. The van der Waals surface area contributed by atoms with E-state index in [9.17, 15) is 0 Å². The average Bonchev–Trinajstić information content (AvgIpc) is 2.88. The van der Waals surface area contributed by atoms with Gasteiger partial charge in [-0.15, -0.1) is 16.3 Å². The number of quaternary nitrogens is 3. The van der Waals surface area contributed by atoms with Crippen LogP contribution < -0.4 is 0 Å². The highest BCUT2D eigenvalue weighted by Crippen LogP contribution is 2.24. The van der Waals surface area contributed by atoms with Crippen molar-refractivity contribution in [1.29, 1.82) is 0 Å². The van der Waals surface area contributed by atoms with Gasteiger partial charge in [0.05, 0.1) is 54.4 Å².